The number of ether oxygens (including phenoxy) is 2. The van der Waals surface area contributed by atoms with Crippen LogP contribution in [0.3, 0.4) is 0 Å². The van der Waals surface area contributed by atoms with Gasteiger partial charge in [0.2, 0.25) is 0 Å². The van der Waals surface area contributed by atoms with Crippen LogP contribution in [-0.2, 0) is 22.6 Å². The standard InChI is InChI=1S/C15H25NO3/c1-3-5-16-8-14-7-15(19-12(14)2)11-18-10-13-4-6-17-9-13/h7,13,16H,3-6,8-11H2,1-2H3. The minimum Gasteiger partial charge on any atom is -0.464 e. The highest BCUT2D eigenvalue weighted by molar-refractivity contribution is 5.20. The molecular formula is C15H25NO3. The van der Waals surface area contributed by atoms with Crippen LogP contribution in [0.15, 0.2) is 10.5 Å². The van der Waals surface area contributed by atoms with E-state index in [0.29, 0.717) is 12.5 Å². The highest BCUT2D eigenvalue weighted by atomic mass is 16.5. The average molecular weight is 267 g/mol. The first-order valence-corrected chi connectivity index (χ1v) is 7.24. The summed E-state index contributed by atoms with van der Waals surface area (Å²) in [5.41, 5.74) is 1.23. The predicted octanol–water partition coefficient (Wildman–Crippen LogP) is 2.64. The summed E-state index contributed by atoms with van der Waals surface area (Å²) in [4.78, 5) is 0. The van der Waals surface area contributed by atoms with Crippen LogP contribution < -0.4 is 5.32 Å². The van der Waals surface area contributed by atoms with Crippen LogP contribution in [0.4, 0.5) is 0 Å². The highest BCUT2D eigenvalue weighted by Crippen LogP contribution is 2.17. The van der Waals surface area contributed by atoms with Gasteiger partial charge in [0.25, 0.3) is 0 Å². The molecule has 1 atom stereocenters. The second-order valence-electron chi connectivity index (χ2n) is 5.22. The van der Waals surface area contributed by atoms with E-state index in [1.54, 1.807) is 0 Å². The molecule has 108 valence electrons. The minimum absolute atomic E-state index is 0.557. The molecule has 0 aliphatic carbocycles. The smallest absolute Gasteiger partial charge is 0.130 e. The predicted molar refractivity (Wildman–Crippen MR) is 74.0 cm³/mol. The molecule has 0 bridgehead atoms. The third-order valence-electron chi connectivity index (χ3n) is 3.44. The van der Waals surface area contributed by atoms with Gasteiger partial charge in [0, 0.05) is 24.6 Å². The summed E-state index contributed by atoms with van der Waals surface area (Å²) in [6, 6.07) is 2.10. The van der Waals surface area contributed by atoms with Gasteiger partial charge < -0.3 is 19.2 Å². The first kappa shape index (κ1) is 14.6. The van der Waals surface area contributed by atoms with Crippen LogP contribution in [0.2, 0.25) is 0 Å². The fraction of sp³-hybridized carbons (Fsp3) is 0.733. The van der Waals surface area contributed by atoms with Gasteiger partial charge in [-0.15, -0.1) is 0 Å². The van der Waals surface area contributed by atoms with Crippen molar-refractivity contribution in [2.24, 2.45) is 5.92 Å². The molecule has 0 saturated carbocycles. The topological polar surface area (TPSA) is 43.6 Å². The largest absolute Gasteiger partial charge is 0.464 e. The van der Waals surface area contributed by atoms with Crippen molar-refractivity contribution >= 4 is 0 Å². The number of rotatable bonds is 8. The van der Waals surface area contributed by atoms with Crippen LogP contribution in [0.25, 0.3) is 0 Å². The molecule has 1 aliphatic rings. The Morgan fingerprint density at radius 1 is 1.47 bits per heavy atom. The molecule has 1 saturated heterocycles. The van der Waals surface area contributed by atoms with Gasteiger partial charge in [-0.2, -0.15) is 0 Å². The number of aryl methyl sites for hydroxylation is 1. The SMILES string of the molecule is CCCNCc1cc(COCC2CCOC2)oc1C. The Labute approximate surface area is 115 Å². The lowest BCUT2D eigenvalue weighted by molar-refractivity contribution is 0.0687. The molecule has 1 aliphatic heterocycles. The van der Waals surface area contributed by atoms with E-state index in [4.69, 9.17) is 13.9 Å². The maximum Gasteiger partial charge on any atom is 0.130 e. The molecule has 0 amide bonds. The highest BCUT2D eigenvalue weighted by Gasteiger charge is 2.16. The fourth-order valence-corrected chi connectivity index (χ4v) is 2.28. The van der Waals surface area contributed by atoms with Gasteiger partial charge in [0.05, 0.1) is 13.2 Å². The van der Waals surface area contributed by atoms with E-state index >= 15 is 0 Å². The first-order chi connectivity index (χ1) is 9.29. The van der Waals surface area contributed by atoms with Crippen molar-refractivity contribution in [3.05, 3.63) is 23.2 Å². The summed E-state index contributed by atoms with van der Waals surface area (Å²) in [6.45, 7) is 9.13. The van der Waals surface area contributed by atoms with Crippen molar-refractivity contribution in [3.8, 4) is 0 Å². The zero-order valence-corrected chi connectivity index (χ0v) is 12.0. The van der Waals surface area contributed by atoms with Gasteiger partial charge in [0.1, 0.15) is 18.1 Å². The number of hydrogen-bond acceptors (Lipinski definition) is 4. The lowest BCUT2D eigenvalue weighted by Crippen LogP contribution is -2.13. The molecule has 4 heteroatoms. The molecule has 1 aromatic heterocycles. The second kappa shape index (κ2) is 7.68. The van der Waals surface area contributed by atoms with Crippen molar-refractivity contribution in [2.75, 3.05) is 26.4 Å². The van der Waals surface area contributed by atoms with E-state index in [1.165, 1.54) is 5.56 Å². The third kappa shape index (κ3) is 4.64. The Bertz CT molecular complexity index is 369. The van der Waals surface area contributed by atoms with Crippen LogP contribution in [0.1, 0.15) is 36.8 Å². The molecule has 1 unspecified atom stereocenters. The molecule has 0 aromatic carbocycles. The molecule has 1 N–H and O–H groups in total. The van der Waals surface area contributed by atoms with Gasteiger partial charge in [-0.3, -0.25) is 0 Å². The van der Waals surface area contributed by atoms with E-state index in [0.717, 1.165) is 57.3 Å². The Balaban J connectivity index is 1.72. The first-order valence-electron chi connectivity index (χ1n) is 7.24. The summed E-state index contributed by atoms with van der Waals surface area (Å²) in [6.07, 6.45) is 2.26. The lowest BCUT2D eigenvalue weighted by Gasteiger charge is -2.06. The zero-order chi connectivity index (χ0) is 13.5. The normalized spacial score (nSPS) is 19.2. The molecule has 1 fully saturated rings. The second-order valence-corrected chi connectivity index (χ2v) is 5.22. The molecule has 2 rings (SSSR count). The van der Waals surface area contributed by atoms with Gasteiger partial charge in [0.15, 0.2) is 0 Å². The molecule has 1 aromatic rings. The summed E-state index contributed by atoms with van der Waals surface area (Å²) in [7, 11) is 0. The van der Waals surface area contributed by atoms with Crippen molar-refractivity contribution in [1.29, 1.82) is 0 Å². The average Bonchev–Trinajstić information content (AvgIpc) is 3.01. The minimum atomic E-state index is 0.557. The van der Waals surface area contributed by atoms with Gasteiger partial charge in [-0.25, -0.2) is 0 Å². The van der Waals surface area contributed by atoms with Crippen LogP contribution in [0.5, 0.6) is 0 Å². The number of hydrogen-bond donors (Lipinski definition) is 1. The van der Waals surface area contributed by atoms with Crippen LogP contribution in [0, 0.1) is 12.8 Å². The maximum absolute atomic E-state index is 5.71. The summed E-state index contributed by atoms with van der Waals surface area (Å²) < 4.78 is 16.7. The van der Waals surface area contributed by atoms with E-state index in [2.05, 4.69) is 18.3 Å². The Hall–Kier alpha value is -0.840. The monoisotopic (exact) mass is 267 g/mol. The quantitative estimate of drug-likeness (QED) is 0.735. The third-order valence-corrected chi connectivity index (χ3v) is 3.44. The van der Waals surface area contributed by atoms with Gasteiger partial charge in [-0.1, -0.05) is 6.92 Å². The van der Waals surface area contributed by atoms with E-state index in [9.17, 15) is 0 Å². The zero-order valence-electron chi connectivity index (χ0n) is 12.0. The number of nitrogens with one attached hydrogen (secondary N) is 1. The van der Waals surface area contributed by atoms with Crippen molar-refractivity contribution in [3.63, 3.8) is 0 Å². The van der Waals surface area contributed by atoms with E-state index in [-0.39, 0.29) is 0 Å². The Morgan fingerprint density at radius 3 is 3.11 bits per heavy atom. The maximum atomic E-state index is 5.71. The van der Waals surface area contributed by atoms with Crippen LogP contribution >= 0.6 is 0 Å². The fourth-order valence-electron chi connectivity index (χ4n) is 2.28. The van der Waals surface area contributed by atoms with Crippen molar-refractivity contribution < 1.29 is 13.9 Å². The number of furan rings is 1. The van der Waals surface area contributed by atoms with Crippen LogP contribution in [-0.4, -0.2) is 26.4 Å². The summed E-state index contributed by atoms with van der Waals surface area (Å²) in [5, 5.41) is 3.39. The summed E-state index contributed by atoms with van der Waals surface area (Å²) in [5.74, 6) is 2.47. The molecule has 0 spiro atoms. The molecule has 19 heavy (non-hydrogen) atoms. The van der Waals surface area contributed by atoms with Crippen molar-refractivity contribution in [1.82, 2.24) is 5.32 Å². The molecule has 0 radical (unpaired) electrons. The Kier molecular flexibility index (Phi) is 5.89. The summed E-state index contributed by atoms with van der Waals surface area (Å²) >= 11 is 0. The lowest BCUT2D eigenvalue weighted by atomic mass is 10.1. The van der Waals surface area contributed by atoms with Gasteiger partial charge in [-0.05, 0) is 32.4 Å². The van der Waals surface area contributed by atoms with E-state index < -0.39 is 0 Å². The Morgan fingerprint density at radius 2 is 2.37 bits per heavy atom. The molecular weight excluding hydrogens is 242 g/mol. The molecule has 2 heterocycles. The van der Waals surface area contributed by atoms with E-state index in [1.807, 2.05) is 6.92 Å². The van der Waals surface area contributed by atoms with Gasteiger partial charge >= 0.3 is 0 Å². The van der Waals surface area contributed by atoms with Crippen molar-refractivity contribution in [2.45, 2.75) is 39.8 Å². The molecule has 4 nitrogen and oxygen atoms in total.